The number of hydrogen-bond acceptors (Lipinski definition) is 10. The zero-order valence-corrected chi connectivity index (χ0v) is 20.9. The molecule has 0 atom stereocenters. The quantitative estimate of drug-likeness (QED) is 0.178. The molecule has 0 aliphatic rings. The summed E-state index contributed by atoms with van der Waals surface area (Å²) in [4.78, 5) is 13.7. The second-order valence-electron chi connectivity index (χ2n) is 8.13. The van der Waals surface area contributed by atoms with Crippen LogP contribution in [0.1, 0.15) is 5.56 Å². The number of anilines is 4. The SMILES string of the molecule is COc1ccc(CNc2nc(NCCOCCOCCN)nc(Nc3ccc4ccccc4c3)n2)cc1. The highest BCUT2D eigenvalue weighted by Crippen LogP contribution is 2.22. The van der Waals surface area contributed by atoms with E-state index in [-0.39, 0.29) is 0 Å². The second-order valence-corrected chi connectivity index (χ2v) is 8.13. The number of nitrogens with two attached hydrogens (primary N) is 1. The number of rotatable bonds is 15. The highest BCUT2D eigenvalue weighted by atomic mass is 16.5. The van der Waals surface area contributed by atoms with Gasteiger partial charge in [0.15, 0.2) is 0 Å². The Morgan fingerprint density at radius 2 is 1.43 bits per heavy atom. The average Bonchev–Trinajstić information content (AvgIpc) is 2.93. The normalized spacial score (nSPS) is 10.9. The standard InChI is InChI=1S/C27H33N7O3/c1-35-24-10-6-20(7-11-24)19-30-26-32-25(29-13-15-37-17-16-36-14-12-28)33-27(34-26)31-23-9-8-21-4-2-3-5-22(21)18-23/h2-11,18H,12-17,19,28H2,1H3,(H3,29,30,31,32,33,34). The Kier molecular flexibility index (Phi) is 9.82. The topological polar surface area (TPSA) is 128 Å². The van der Waals surface area contributed by atoms with Crippen LogP contribution in [0.2, 0.25) is 0 Å². The number of hydrogen-bond donors (Lipinski definition) is 4. The molecule has 0 aliphatic carbocycles. The van der Waals surface area contributed by atoms with E-state index in [1.165, 1.54) is 5.39 Å². The Labute approximate surface area is 216 Å². The Morgan fingerprint density at radius 1 is 0.730 bits per heavy atom. The van der Waals surface area contributed by atoms with Crippen molar-refractivity contribution < 1.29 is 14.2 Å². The van der Waals surface area contributed by atoms with Gasteiger partial charge in [0, 0.05) is 25.3 Å². The van der Waals surface area contributed by atoms with E-state index in [0.29, 0.717) is 63.9 Å². The Morgan fingerprint density at radius 3 is 2.19 bits per heavy atom. The zero-order valence-electron chi connectivity index (χ0n) is 20.9. The first-order valence-electron chi connectivity index (χ1n) is 12.2. The maximum atomic E-state index is 5.58. The minimum atomic E-state index is 0.432. The van der Waals surface area contributed by atoms with Crippen molar-refractivity contribution in [2.75, 3.05) is 62.6 Å². The molecule has 0 unspecified atom stereocenters. The minimum absolute atomic E-state index is 0.432. The predicted octanol–water partition coefficient (Wildman–Crippen LogP) is 3.79. The number of nitrogens with one attached hydrogen (secondary N) is 3. The van der Waals surface area contributed by atoms with Crippen molar-refractivity contribution in [3.63, 3.8) is 0 Å². The summed E-state index contributed by atoms with van der Waals surface area (Å²) < 4.78 is 16.1. The molecule has 4 aromatic rings. The van der Waals surface area contributed by atoms with Gasteiger partial charge in [-0.2, -0.15) is 15.0 Å². The fourth-order valence-electron chi connectivity index (χ4n) is 3.55. The van der Waals surface area contributed by atoms with Crippen molar-refractivity contribution in [2.24, 2.45) is 5.73 Å². The Bertz CT molecular complexity index is 1250. The van der Waals surface area contributed by atoms with E-state index in [4.69, 9.17) is 19.9 Å². The maximum absolute atomic E-state index is 5.58. The van der Waals surface area contributed by atoms with Crippen molar-refractivity contribution in [2.45, 2.75) is 6.54 Å². The number of fused-ring (bicyclic) bond motifs is 1. The molecule has 3 aromatic carbocycles. The van der Waals surface area contributed by atoms with Crippen LogP contribution in [0.15, 0.2) is 66.7 Å². The monoisotopic (exact) mass is 503 g/mol. The molecule has 0 radical (unpaired) electrons. The van der Waals surface area contributed by atoms with Crippen molar-refractivity contribution in [3.05, 3.63) is 72.3 Å². The van der Waals surface area contributed by atoms with E-state index in [2.05, 4.69) is 55.2 Å². The Balaban J connectivity index is 1.42. The van der Waals surface area contributed by atoms with E-state index in [9.17, 15) is 0 Å². The number of methoxy groups -OCH3 is 1. The van der Waals surface area contributed by atoms with E-state index in [1.807, 2.05) is 42.5 Å². The summed E-state index contributed by atoms with van der Waals surface area (Å²) in [7, 11) is 1.65. The molecule has 0 saturated heterocycles. The molecule has 1 aromatic heterocycles. The van der Waals surface area contributed by atoms with Crippen LogP contribution in [0.4, 0.5) is 23.5 Å². The first kappa shape index (κ1) is 26.1. The molecular formula is C27H33N7O3. The third-order valence-corrected chi connectivity index (χ3v) is 5.41. The van der Waals surface area contributed by atoms with Gasteiger partial charge in [0.25, 0.3) is 0 Å². The third-order valence-electron chi connectivity index (χ3n) is 5.41. The van der Waals surface area contributed by atoms with E-state index in [0.717, 1.165) is 22.4 Å². The van der Waals surface area contributed by atoms with Crippen molar-refractivity contribution in [1.82, 2.24) is 15.0 Å². The summed E-state index contributed by atoms with van der Waals surface area (Å²) in [6.07, 6.45) is 0. The molecule has 0 spiro atoms. The van der Waals surface area contributed by atoms with Gasteiger partial charge >= 0.3 is 0 Å². The summed E-state index contributed by atoms with van der Waals surface area (Å²) in [6, 6.07) is 22.2. The molecule has 4 rings (SSSR count). The van der Waals surface area contributed by atoms with Crippen LogP contribution >= 0.6 is 0 Å². The highest BCUT2D eigenvalue weighted by Gasteiger charge is 2.08. The van der Waals surface area contributed by atoms with Crippen LogP contribution in [-0.2, 0) is 16.0 Å². The van der Waals surface area contributed by atoms with Gasteiger partial charge in [-0.25, -0.2) is 0 Å². The van der Waals surface area contributed by atoms with E-state index >= 15 is 0 Å². The highest BCUT2D eigenvalue weighted by molar-refractivity contribution is 5.86. The molecule has 0 saturated carbocycles. The fraction of sp³-hybridized carbons (Fsp3) is 0.296. The lowest BCUT2D eigenvalue weighted by Crippen LogP contribution is -2.17. The summed E-state index contributed by atoms with van der Waals surface area (Å²) in [5, 5.41) is 12.1. The van der Waals surface area contributed by atoms with Gasteiger partial charge in [0.1, 0.15) is 5.75 Å². The lowest BCUT2D eigenvalue weighted by atomic mass is 10.1. The summed E-state index contributed by atoms with van der Waals surface area (Å²) in [5.41, 5.74) is 7.37. The lowest BCUT2D eigenvalue weighted by Gasteiger charge is -2.12. The average molecular weight is 504 g/mol. The first-order valence-corrected chi connectivity index (χ1v) is 12.2. The van der Waals surface area contributed by atoms with Gasteiger partial charge < -0.3 is 35.9 Å². The lowest BCUT2D eigenvalue weighted by molar-refractivity contribution is 0.0547. The molecular weight excluding hydrogens is 470 g/mol. The Hall–Kier alpha value is -3.99. The van der Waals surface area contributed by atoms with Crippen molar-refractivity contribution >= 4 is 34.3 Å². The predicted molar refractivity (Wildman–Crippen MR) is 147 cm³/mol. The largest absolute Gasteiger partial charge is 0.497 e. The molecule has 0 amide bonds. The molecule has 194 valence electrons. The van der Waals surface area contributed by atoms with Crippen LogP contribution in [0.3, 0.4) is 0 Å². The molecule has 0 aliphatic heterocycles. The van der Waals surface area contributed by atoms with Gasteiger partial charge in [0.05, 0.1) is 33.5 Å². The number of aromatic nitrogens is 3. The summed E-state index contributed by atoms with van der Waals surface area (Å²) in [6.45, 7) is 3.63. The van der Waals surface area contributed by atoms with E-state index in [1.54, 1.807) is 7.11 Å². The smallest absolute Gasteiger partial charge is 0.233 e. The van der Waals surface area contributed by atoms with Crippen LogP contribution in [0.5, 0.6) is 5.75 Å². The minimum Gasteiger partial charge on any atom is -0.497 e. The second kappa shape index (κ2) is 13.9. The van der Waals surface area contributed by atoms with Gasteiger partial charge in [-0.3, -0.25) is 0 Å². The van der Waals surface area contributed by atoms with Crippen LogP contribution < -0.4 is 26.4 Å². The van der Waals surface area contributed by atoms with E-state index < -0.39 is 0 Å². The van der Waals surface area contributed by atoms with Gasteiger partial charge in [-0.1, -0.05) is 42.5 Å². The molecule has 37 heavy (non-hydrogen) atoms. The molecule has 10 nitrogen and oxygen atoms in total. The number of nitrogens with zero attached hydrogens (tertiary/aromatic N) is 3. The first-order chi connectivity index (χ1) is 18.2. The third kappa shape index (κ3) is 8.28. The zero-order chi connectivity index (χ0) is 25.7. The molecule has 0 fully saturated rings. The molecule has 1 heterocycles. The molecule has 10 heteroatoms. The van der Waals surface area contributed by atoms with Crippen LogP contribution in [0, 0.1) is 0 Å². The maximum Gasteiger partial charge on any atom is 0.233 e. The molecule has 0 bridgehead atoms. The van der Waals surface area contributed by atoms with Crippen LogP contribution in [-0.4, -0.2) is 61.6 Å². The van der Waals surface area contributed by atoms with Gasteiger partial charge in [-0.05, 0) is 40.6 Å². The van der Waals surface area contributed by atoms with Crippen molar-refractivity contribution in [3.8, 4) is 5.75 Å². The van der Waals surface area contributed by atoms with Crippen LogP contribution in [0.25, 0.3) is 10.8 Å². The van der Waals surface area contributed by atoms with Gasteiger partial charge in [-0.15, -0.1) is 0 Å². The van der Waals surface area contributed by atoms with Gasteiger partial charge in [0.2, 0.25) is 17.8 Å². The van der Waals surface area contributed by atoms with Crippen molar-refractivity contribution in [1.29, 1.82) is 0 Å². The summed E-state index contributed by atoms with van der Waals surface area (Å²) >= 11 is 0. The fourth-order valence-corrected chi connectivity index (χ4v) is 3.55. The number of ether oxygens (including phenoxy) is 3. The number of benzene rings is 3. The summed E-state index contributed by atoms with van der Waals surface area (Å²) in [5.74, 6) is 2.14. The molecule has 5 N–H and O–H groups in total.